The molecule has 2 aromatic carbocycles. The zero-order valence-corrected chi connectivity index (χ0v) is 18.4. The van der Waals surface area contributed by atoms with E-state index in [9.17, 15) is 9.59 Å². The molecule has 2 N–H and O–H groups in total. The minimum absolute atomic E-state index is 0.129. The van der Waals surface area contributed by atoms with E-state index < -0.39 is 5.91 Å². The molecule has 4 aromatic rings. The highest BCUT2D eigenvalue weighted by Gasteiger charge is 2.16. The van der Waals surface area contributed by atoms with E-state index >= 15 is 0 Å². The number of aromatic nitrogens is 3. The molecular formula is C21H17N5O4S2. The summed E-state index contributed by atoms with van der Waals surface area (Å²) in [7, 11) is 1.54. The van der Waals surface area contributed by atoms with Gasteiger partial charge in [0.2, 0.25) is 11.0 Å². The first-order valence-corrected chi connectivity index (χ1v) is 11.2. The van der Waals surface area contributed by atoms with E-state index in [-0.39, 0.29) is 17.4 Å². The van der Waals surface area contributed by atoms with Crippen LogP contribution in [0.1, 0.15) is 10.5 Å². The van der Waals surface area contributed by atoms with E-state index in [1.165, 1.54) is 11.8 Å². The summed E-state index contributed by atoms with van der Waals surface area (Å²) in [6, 6.07) is 18.1. The van der Waals surface area contributed by atoms with Crippen LogP contribution in [-0.4, -0.2) is 40.0 Å². The summed E-state index contributed by atoms with van der Waals surface area (Å²) in [6.45, 7) is 0. The van der Waals surface area contributed by atoms with Crippen molar-refractivity contribution in [2.24, 2.45) is 0 Å². The molecular weight excluding hydrogens is 450 g/mol. The first kappa shape index (κ1) is 21.5. The van der Waals surface area contributed by atoms with Crippen LogP contribution in [0.25, 0.3) is 11.3 Å². The van der Waals surface area contributed by atoms with Crippen molar-refractivity contribution in [3.8, 4) is 17.1 Å². The Balaban J connectivity index is 1.31. The van der Waals surface area contributed by atoms with Gasteiger partial charge in [-0.15, -0.1) is 10.2 Å². The molecule has 0 radical (unpaired) electrons. The van der Waals surface area contributed by atoms with Gasteiger partial charge in [0, 0.05) is 11.6 Å². The second kappa shape index (κ2) is 10.1. The predicted octanol–water partition coefficient (Wildman–Crippen LogP) is 4.18. The number of rotatable bonds is 8. The largest absolute Gasteiger partial charge is 0.495 e. The van der Waals surface area contributed by atoms with Gasteiger partial charge in [0.05, 0.1) is 18.6 Å². The molecule has 0 aliphatic rings. The van der Waals surface area contributed by atoms with E-state index in [0.29, 0.717) is 26.7 Å². The molecule has 0 fully saturated rings. The molecule has 9 nitrogen and oxygen atoms in total. The van der Waals surface area contributed by atoms with Gasteiger partial charge in [0.25, 0.3) is 5.91 Å². The molecule has 0 aliphatic heterocycles. The number of thioether (sulfide) groups is 1. The van der Waals surface area contributed by atoms with Crippen molar-refractivity contribution >= 4 is 45.7 Å². The number of carbonyl (C=O) groups is 2. The number of carbonyl (C=O) groups excluding carboxylic acids is 2. The molecule has 162 valence electrons. The monoisotopic (exact) mass is 467 g/mol. The molecule has 2 aromatic heterocycles. The molecule has 0 unspecified atom stereocenters. The zero-order chi connectivity index (χ0) is 22.3. The van der Waals surface area contributed by atoms with Gasteiger partial charge in [-0.25, -0.2) is 0 Å². The number of benzene rings is 2. The van der Waals surface area contributed by atoms with Gasteiger partial charge in [0.15, 0.2) is 15.8 Å². The molecule has 2 amide bonds. The highest BCUT2D eigenvalue weighted by atomic mass is 32.2. The lowest BCUT2D eigenvalue weighted by Crippen LogP contribution is -2.14. The molecule has 11 heteroatoms. The maximum absolute atomic E-state index is 12.4. The van der Waals surface area contributed by atoms with Crippen LogP contribution < -0.4 is 15.4 Å². The fourth-order valence-corrected chi connectivity index (χ4v) is 4.21. The molecule has 0 saturated heterocycles. The van der Waals surface area contributed by atoms with Gasteiger partial charge >= 0.3 is 0 Å². The van der Waals surface area contributed by atoms with Gasteiger partial charge < -0.3 is 14.6 Å². The van der Waals surface area contributed by atoms with Crippen LogP contribution in [0.2, 0.25) is 0 Å². The number of methoxy groups -OCH3 is 1. The minimum Gasteiger partial charge on any atom is -0.495 e. The summed E-state index contributed by atoms with van der Waals surface area (Å²) in [5.74, 6) is 0.527. The number of nitrogens with zero attached hydrogens (tertiary/aromatic N) is 3. The van der Waals surface area contributed by atoms with Crippen molar-refractivity contribution in [3.63, 3.8) is 0 Å². The van der Waals surface area contributed by atoms with Gasteiger partial charge in [-0.2, -0.15) is 0 Å². The number of nitrogens with one attached hydrogen (secondary N) is 2. The summed E-state index contributed by atoms with van der Waals surface area (Å²) < 4.78 is 11.0. The van der Waals surface area contributed by atoms with E-state index in [1.54, 1.807) is 25.3 Å². The second-order valence-electron chi connectivity index (χ2n) is 6.31. The van der Waals surface area contributed by atoms with Gasteiger partial charge in [-0.3, -0.25) is 14.9 Å². The SMILES string of the molecule is COc1ccccc1NC(=O)CSc1nnc(NC(=O)c2cc(-c3ccccc3)on2)s1. The summed E-state index contributed by atoms with van der Waals surface area (Å²) in [5, 5.41) is 17.5. The normalized spacial score (nSPS) is 10.5. The summed E-state index contributed by atoms with van der Waals surface area (Å²) in [6.07, 6.45) is 0. The molecule has 4 rings (SSSR count). The number of para-hydroxylation sites is 2. The van der Waals surface area contributed by atoms with Crippen LogP contribution in [-0.2, 0) is 4.79 Å². The first-order valence-electron chi connectivity index (χ1n) is 9.35. The fraction of sp³-hybridized carbons (Fsp3) is 0.0952. The number of ether oxygens (including phenoxy) is 1. The quantitative estimate of drug-likeness (QED) is 0.292. The van der Waals surface area contributed by atoms with Crippen molar-refractivity contribution < 1.29 is 18.8 Å². The van der Waals surface area contributed by atoms with Crippen LogP contribution >= 0.6 is 23.1 Å². The Morgan fingerprint density at radius 3 is 2.66 bits per heavy atom. The molecule has 0 spiro atoms. The van der Waals surface area contributed by atoms with Crippen LogP contribution in [0.3, 0.4) is 0 Å². The van der Waals surface area contributed by atoms with Crippen LogP contribution in [0.4, 0.5) is 10.8 Å². The summed E-state index contributed by atoms with van der Waals surface area (Å²) in [4.78, 5) is 24.6. The lowest BCUT2D eigenvalue weighted by molar-refractivity contribution is -0.113. The van der Waals surface area contributed by atoms with Gasteiger partial charge in [-0.05, 0) is 12.1 Å². The third-order valence-electron chi connectivity index (χ3n) is 4.14. The number of amides is 2. The fourth-order valence-electron chi connectivity index (χ4n) is 2.66. The molecule has 0 aliphatic carbocycles. The highest BCUT2D eigenvalue weighted by Crippen LogP contribution is 2.27. The van der Waals surface area contributed by atoms with E-state index in [2.05, 4.69) is 26.0 Å². The molecule has 0 bridgehead atoms. The van der Waals surface area contributed by atoms with Gasteiger partial charge in [0.1, 0.15) is 5.75 Å². The second-order valence-corrected chi connectivity index (χ2v) is 8.51. The van der Waals surface area contributed by atoms with Crippen molar-refractivity contribution in [3.05, 3.63) is 66.4 Å². The van der Waals surface area contributed by atoms with Crippen LogP contribution in [0, 0.1) is 0 Å². The zero-order valence-electron chi connectivity index (χ0n) is 16.8. The number of hydrogen-bond acceptors (Lipinski definition) is 9. The Kier molecular flexibility index (Phi) is 6.78. The Morgan fingerprint density at radius 1 is 1.06 bits per heavy atom. The highest BCUT2D eigenvalue weighted by molar-refractivity contribution is 8.01. The number of anilines is 2. The smallest absolute Gasteiger partial charge is 0.279 e. The summed E-state index contributed by atoms with van der Waals surface area (Å²) in [5.41, 5.74) is 1.54. The van der Waals surface area contributed by atoms with Crippen LogP contribution in [0.5, 0.6) is 5.75 Å². The standard InChI is InChI=1S/C21H17N5O4S2/c1-29-16-10-6-5-9-14(16)22-18(27)12-31-21-25-24-20(32-21)23-19(28)15-11-17(30-26-15)13-7-3-2-4-8-13/h2-11H,12H2,1H3,(H,22,27)(H,23,24,28). The van der Waals surface area contributed by atoms with Gasteiger partial charge in [-0.1, -0.05) is 70.7 Å². The van der Waals surface area contributed by atoms with E-state index in [4.69, 9.17) is 9.26 Å². The average molecular weight is 468 g/mol. The maximum Gasteiger partial charge on any atom is 0.279 e. The molecule has 0 saturated carbocycles. The third-order valence-corrected chi connectivity index (χ3v) is 6.11. The maximum atomic E-state index is 12.4. The minimum atomic E-state index is -0.461. The van der Waals surface area contributed by atoms with E-state index in [0.717, 1.165) is 16.9 Å². The predicted molar refractivity (Wildman–Crippen MR) is 122 cm³/mol. The van der Waals surface area contributed by atoms with Crippen LogP contribution in [0.15, 0.2) is 69.5 Å². The van der Waals surface area contributed by atoms with Crippen molar-refractivity contribution in [2.45, 2.75) is 4.34 Å². The Labute approximate surface area is 191 Å². The molecule has 32 heavy (non-hydrogen) atoms. The molecule has 0 atom stereocenters. The van der Waals surface area contributed by atoms with Crippen molar-refractivity contribution in [1.29, 1.82) is 0 Å². The van der Waals surface area contributed by atoms with Crippen molar-refractivity contribution in [1.82, 2.24) is 15.4 Å². The average Bonchev–Trinajstić information content (AvgIpc) is 3.49. The Morgan fingerprint density at radius 2 is 1.84 bits per heavy atom. The van der Waals surface area contributed by atoms with Crippen molar-refractivity contribution in [2.75, 3.05) is 23.5 Å². The lowest BCUT2D eigenvalue weighted by atomic mass is 10.1. The Hall–Kier alpha value is -3.70. The lowest BCUT2D eigenvalue weighted by Gasteiger charge is -2.08. The van der Waals surface area contributed by atoms with E-state index in [1.807, 2.05) is 42.5 Å². The number of hydrogen-bond donors (Lipinski definition) is 2. The third kappa shape index (κ3) is 5.31. The first-order chi connectivity index (χ1) is 15.6. The molecule has 2 heterocycles. The summed E-state index contributed by atoms with van der Waals surface area (Å²) >= 11 is 2.37. The Bertz CT molecular complexity index is 1230. The topological polar surface area (TPSA) is 119 Å².